The van der Waals surface area contributed by atoms with E-state index >= 15 is 0 Å². The summed E-state index contributed by atoms with van der Waals surface area (Å²) in [6.45, 7) is 0. The Balaban J connectivity index is 2.42. The lowest BCUT2D eigenvalue weighted by Gasteiger charge is -2.12. The standard InChI is InChI=1S/C14H10ClNO5/c1-20-14-7-9(16(18)19)5-6-13(14)21-12-4-2-3-11(15)10(12)8-17/h2-8H,1H3. The molecule has 2 aromatic carbocycles. The highest BCUT2D eigenvalue weighted by Crippen LogP contribution is 2.36. The number of nitro groups is 1. The van der Waals surface area contributed by atoms with Gasteiger partial charge >= 0.3 is 0 Å². The molecule has 0 fully saturated rings. The maximum Gasteiger partial charge on any atom is 0.273 e. The number of nitro benzene ring substituents is 1. The first-order chi connectivity index (χ1) is 10.1. The number of aldehydes is 1. The zero-order chi connectivity index (χ0) is 15.4. The maximum atomic E-state index is 11.1. The molecule has 2 rings (SSSR count). The van der Waals surface area contributed by atoms with Gasteiger partial charge in [-0.15, -0.1) is 0 Å². The Hall–Kier alpha value is -2.60. The number of hydrogen-bond acceptors (Lipinski definition) is 5. The lowest BCUT2D eigenvalue weighted by Crippen LogP contribution is -1.95. The molecule has 0 heterocycles. The lowest BCUT2D eigenvalue weighted by atomic mass is 10.2. The number of methoxy groups -OCH3 is 1. The summed E-state index contributed by atoms with van der Waals surface area (Å²) >= 11 is 5.90. The molecule has 108 valence electrons. The molecule has 0 N–H and O–H groups in total. The fraction of sp³-hybridized carbons (Fsp3) is 0.0714. The number of carbonyl (C=O) groups is 1. The molecule has 2 aromatic rings. The van der Waals surface area contributed by atoms with Crippen molar-refractivity contribution in [2.75, 3.05) is 7.11 Å². The monoisotopic (exact) mass is 307 g/mol. The second kappa shape index (κ2) is 6.23. The molecule has 0 bridgehead atoms. The molecule has 0 unspecified atom stereocenters. The number of ether oxygens (including phenoxy) is 2. The summed E-state index contributed by atoms with van der Waals surface area (Å²) in [5.74, 6) is 0.666. The Morgan fingerprint density at radius 1 is 1.19 bits per heavy atom. The van der Waals surface area contributed by atoms with Gasteiger partial charge in [0.2, 0.25) is 0 Å². The van der Waals surface area contributed by atoms with Gasteiger partial charge in [0.25, 0.3) is 5.69 Å². The van der Waals surface area contributed by atoms with Crippen LogP contribution in [0.1, 0.15) is 10.4 Å². The molecule has 0 aliphatic heterocycles. The second-order valence-electron chi connectivity index (χ2n) is 3.96. The number of nitrogens with zero attached hydrogens (tertiary/aromatic N) is 1. The highest BCUT2D eigenvalue weighted by atomic mass is 35.5. The van der Waals surface area contributed by atoms with Crippen LogP contribution in [-0.2, 0) is 0 Å². The molecule has 6 nitrogen and oxygen atoms in total. The maximum absolute atomic E-state index is 11.1. The van der Waals surface area contributed by atoms with Crippen molar-refractivity contribution in [3.63, 3.8) is 0 Å². The molecule has 0 aliphatic carbocycles. The summed E-state index contributed by atoms with van der Waals surface area (Å²) in [6.07, 6.45) is 0.579. The zero-order valence-electron chi connectivity index (χ0n) is 10.9. The summed E-state index contributed by atoms with van der Waals surface area (Å²) in [5, 5.41) is 11.0. The van der Waals surface area contributed by atoms with Crippen molar-refractivity contribution in [1.29, 1.82) is 0 Å². The first-order valence-electron chi connectivity index (χ1n) is 5.80. The van der Waals surface area contributed by atoms with Gasteiger partial charge in [0.05, 0.1) is 28.7 Å². The van der Waals surface area contributed by atoms with Crippen LogP contribution < -0.4 is 9.47 Å². The summed E-state index contributed by atoms with van der Waals surface area (Å²) in [6, 6.07) is 8.67. The zero-order valence-corrected chi connectivity index (χ0v) is 11.7. The molecule has 0 amide bonds. The topological polar surface area (TPSA) is 78.7 Å². The van der Waals surface area contributed by atoms with E-state index < -0.39 is 4.92 Å². The van der Waals surface area contributed by atoms with E-state index in [1.165, 1.54) is 25.3 Å². The van der Waals surface area contributed by atoms with Crippen molar-refractivity contribution in [2.45, 2.75) is 0 Å². The van der Waals surface area contributed by atoms with Crippen LogP contribution in [0.25, 0.3) is 0 Å². The minimum absolute atomic E-state index is 0.124. The number of benzene rings is 2. The molecule has 0 aromatic heterocycles. The Labute approximate surface area is 125 Å². The summed E-state index contributed by atoms with van der Waals surface area (Å²) in [7, 11) is 1.37. The lowest BCUT2D eigenvalue weighted by molar-refractivity contribution is -0.384. The molecule has 7 heteroatoms. The number of non-ortho nitro benzene ring substituents is 1. The average molecular weight is 308 g/mol. The van der Waals surface area contributed by atoms with Crippen LogP contribution in [0.2, 0.25) is 5.02 Å². The molecule has 0 aliphatic rings. The Morgan fingerprint density at radius 2 is 1.95 bits per heavy atom. The third kappa shape index (κ3) is 3.11. The quantitative estimate of drug-likeness (QED) is 0.476. The van der Waals surface area contributed by atoms with Crippen LogP contribution in [-0.4, -0.2) is 18.3 Å². The van der Waals surface area contributed by atoms with E-state index in [1.54, 1.807) is 18.2 Å². The first kappa shape index (κ1) is 14.8. The van der Waals surface area contributed by atoms with Crippen molar-refractivity contribution >= 4 is 23.6 Å². The van der Waals surface area contributed by atoms with Gasteiger partial charge in [0.15, 0.2) is 17.8 Å². The SMILES string of the molecule is COc1cc([N+](=O)[O-])ccc1Oc1cccc(Cl)c1C=O. The normalized spacial score (nSPS) is 10.0. The van der Waals surface area contributed by atoms with Crippen molar-refractivity contribution < 1.29 is 19.2 Å². The largest absolute Gasteiger partial charge is 0.493 e. The predicted molar refractivity (Wildman–Crippen MR) is 76.6 cm³/mol. The molecule has 0 spiro atoms. The highest BCUT2D eigenvalue weighted by Gasteiger charge is 2.15. The minimum Gasteiger partial charge on any atom is -0.493 e. The van der Waals surface area contributed by atoms with Gasteiger partial charge in [0, 0.05) is 6.07 Å². The van der Waals surface area contributed by atoms with E-state index in [-0.39, 0.29) is 33.5 Å². The predicted octanol–water partition coefficient (Wildman–Crippen LogP) is 3.86. The molecule has 0 radical (unpaired) electrons. The number of rotatable bonds is 5. The Bertz CT molecular complexity index is 702. The molecular formula is C14H10ClNO5. The van der Waals surface area contributed by atoms with Crippen LogP contribution in [0.5, 0.6) is 17.2 Å². The highest BCUT2D eigenvalue weighted by molar-refractivity contribution is 6.33. The van der Waals surface area contributed by atoms with Gasteiger partial charge in [-0.3, -0.25) is 14.9 Å². The van der Waals surface area contributed by atoms with E-state index in [9.17, 15) is 14.9 Å². The number of hydrogen-bond donors (Lipinski definition) is 0. The summed E-state index contributed by atoms with van der Waals surface area (Å²) in [5.41, 5.74) is 0.0699. The Kier molecular flexibility index (Phi) is 4.39. The smallest absolute Gasteiger partial charge is 0.273 e. The van der Waals surface area contributed by atoms with E-state index in [0.717, 1.165) is 0 Å². The minimum atomic E-state index is -0.539. The summed E-state index contributed by atoms with van der Waals surface area (Å²) < 4.78 is 10.6. The molecule has 21 heavy (non-hydrogen) atoms. The van der Waals surface area contributed by atoms with E-state index in [4.69, 9.17) is 21.1 Å². The van der Waals surface area contributed by atoms with Gasteiger partial charge in [-0.1, -0.05) is 17.7 Å². The van der Waals surface area contributed by atoms with Gasteiger partial charge in [-0.2, -0.15) is 0 Å². The van der Waals surface area contributed by atoms with E-state index in [1.807, 2.05) is 0 Å². The van der Waals surface area contributed by atoms with Crippen molar-refractivity contribution in [2.24, 2.45) is 0 Å². The fourth-order valence-electron chi connectivity index (χ4n) is 1.69. The van der Waals surface area contributed by atoms with E-state index in [0.29, 0.717) is 6.29 Å². The van der Waals surface area contributed by atoms with Gasteiger partial charge in [0.1, 0.15) is 5.75 Å². The molecular weight excluding hydrogens is 298 g/mol. The molecule has 0 atom stereocenters. The van der Waals surface area contributed by atoms with E-state index in [2.05, 4.69) is 0 Å². The van der Waals surface area contributed by atoms with Crippen LogP contribution >= 0.6 is 11.6 Å². The van der Waals surface area contributed by atoms with Crippen LogP contribution in [0.3, 0.4) is 0 Å². The van der Waals surface area contributed by atoms with Crippen LogP contribution in [0.15, 0.2) is 36.4 Å². The van der Waals surface area contributed by atoms with Crippen molar-refractivity contribution in [1.82, 2.24) is 0 Å². The van der Waals surface area contributed by atoms with Crippen LogP contribution in [0, 0.1) is 10.1 Å². The second-order valence-corrected chi connectivity index (χ2v) is 4.37. The third-order valence-electron chi connectivity index (χ3n) is 2.71. The Morgan fingerprint density at radius 3 is 2.57 bits per heavy atom. The van der Waals surface area contributed by atoms with Crippen molar-refractivity contribution in [3.05, 3.63) is 57.1 Å². The fourth-order valence-corrected chi connectivity index (χ4v) is 1.90. The molecule has 0 saturated carbocycles. The van der Waals surface area contributed by atoms with Gasteiger partial charge in [-0.05, 0) is 18.2 Å². The number of carbonyl (C=O) groups excluding carboxylic acids is 1. The third-order valence-corrected chi connectivity index (χ3v) is 3.04. The van der Waals surface area contributed by atoms with Gasteiger partial charge in [-0.25, -0.2) is 0 Å². The first-order valence-corrected chi connectivity index (χ1v) is 6.18. The van der Waals surface area contributed by atoms with Crippen molar-refractivity contribution in [3.8, 4) is 17.2 Å². The molecule has 0 saturated heterocycles. The summed E-state index contributed by atoms with van der Waals surface area (Å²) in [4.78, 5) is 21.2. The number of halogens is 1. The van der Waals surface area contributed by atoms with Crippen LogP contribution in [0.4, 0.5) is 5.69 Å². The average Bonchev–Trinajstić information content (AvgIpc) is 2.47. The van der Waals surface area contributed by atoms with Gasteiger partial charge < -0.3 is 9.47 Å².